The van der Waals surface area contributed by atoms with Crippen molar-refractivity contribution in [2.75, 3.05) is 26.2 Å². The fraction of sp³-hybridized carbons (Fsp3) is 0.429. The van der Waals surface area contributed by atoms with Crippen LogP contribution >= 0.6 is 0 Å². The quantitative estimate of drug-likeness (QED) is 0.662. The molecule has 1 aliphatic heterocycles. The van der Waals surface area contributed by atoms with Crippen LogP contribution in [0.3, 0.4) is 0 Å². The van der Waals surface area contributed by atoms with Crippen LogP contribution in [0.2, 0.25) is 0 Å². The van der Waals surface area contributed by atoms with E-state index in [2.05, 4.69) is 58.1 Å². The molecule has 0 unspecified atom stereocenters. The lowest BCUT2D eigenvalue weighted by Crippen LogP contribution is -2.45. The van der Waals surface area contributed by atoms with Gasteiger partial charge in [0.1, 0.15) is 0 Å². The van der Waals surface area contributed by atoms with Gasteiger partial charge in [0.2, 0.25) is 11.7 Å². The maximum Gasteiger partial charge on any atom is 0.241 e. The summed E-state index contributed by atoms with van der Waals surface area (Å²) in [6.07, 6.45) is 1.61. The van der Waals surface area contributed by atoms with Crippen LogP contribution in [0.4, 0.5) is 0 Å². The first kappa shape index (κ1) is 17.9. The number of benzene rings is 1. The average molecular weight is 366 g/mol. The second-order valence-corrected chi connectivity index (χ2v) is 7.44. The first-order valence-corrected chi connectivity index (χ1v) is 9.57. The van der Waals surface area contributed by atoms with Crippen LogP contribution in [0, 0.1) is 0 Å². The zero-order valence-corrected chi connectivity index (χ0v) is 16.0. The molecule has 1 fully saturated rings. The van der Waals surface area contributed by atoms with E-state index in [0.717, 1.165) is 32.7 Å². The summed E-state index contributed by atoms with van der Waals surface area (Å²) in [6.45, 7) is 10.3. The van der Waals surface area contributed by atoms with Crippen molar-refractivity contribution in [2.24, 2.45) is 0 Å². The number of hydrogen-bond acceptors (Lipinski definition) is 6. The maximum atomic E-state index is 5.37. The second kappa shape index (κ2) is 8.06. The van der Waals surface area contributed by atoms with Gasteiger partial charge in [-0.3, -0.25) is 9.80 Å². The molecule has 0 spiro atoms. The third-order valence-electron chi connectivity index (χ3n) is 5.09. The Bertz CT molecular complexity index is 831. The molecule has 0 radical (unpaired) electrons. The van der Waals surface area contributed by atoms with Crippen molar-refractivity contribution < 1.29 is 8.94 Å². The molecule has 27 heavy (non-hydrogen) atoms. The van der Waals surface area contributed by atoms with Gasteiger partial charge in [0.15, 0.2) is 5.76 Å². The smallest absolute Gasteiger partial charge is 0.241 e. The van der Waals surface area contributed by atoms with Crippen molar-refractivity contribution in [3.05, 3.63) is 59.7 Å². The van der Waals surface area contributed by atoms with E-state index in [4.69, 9.17) is 8.94 Å². The van der Waals surface area contributed by atoms with E-state index in [0.29, 0.717) is 29.9 Å². The summed E-state index contributed by atoms with van der Waals surface area (Å²) in [7, 11) is 0. The Kier molecular flexibility index (Phi) is 5.36. The monoisotopic (exact) mass is 366 g/mol. The van der Waals surface area contributed by atoms with Crippen LogP contribution < -0.4 is 0 Å². The number of aromatic nitrogens is 2. The molecule has 142 valence electrons. The van der Waals surface area contributed by atoms with E-state index >= 15 is 0 Å². The summed E-state index contributed by atoms with van der Waals surface area (Å²) in [5.74, 6) is 2.37. The van der Waals surface area contributed by atoms with Gasteiger partial charge in [-0.05, 0) is 29.2 Å². The molecule has 0 aliphatic carbocycles. The Morgan fingerprint density at radius 2 is 1.67 bits per heavy atom. The second-order valence-electron chi connectivity index (χ2n) is 7.44. The highest BCUT2D eigenvalue weighted by Crippen LogP contribution is 2.18. The molecule has 3 aromatic rings. The molecule has 1 saturated heterocycles. The fourth-order valence-electron chi connectivity index (χ4n) is 3.39. The van der Waals surface area contributed by atoms with Crippen LogP contribution in [0.1, 0.15) is 36.8 Å². The summed E-state index contributed by atoms with van der Waals surface area (Å²) < 4.78 is 10.7. The van der Waals surface area contributed by atoms with Gasteiger partial charge in [-0.15, -0.1) is 0 Å². The molecular formula is C21H26N4O2. The molecule has 2 aromatic heterocycles. The lowest BCUT2D eigenvalue weighted by atomic mass is 10.0. The number of piperazine rings is 1. The number of furan rings is 1. The minimum absolute atomic E-state index is 0.512. The van der Waals surface area contributed by atoms with Crippen LogP contribution in [-0.2, 0) is 13.1 Å². The van der Waals surface area contributed by atoms with Gasteiger partial charge in [0.05, 0.1) is 12.8 Å². The fourth-order valence-corrected chi connectivity index (χ4v) is 3.39. The number of nitrogens with zero attached hydrogens (tertiary/aromatic N) is 4. The lowest BCUT2D eigenvalue weighted by Gasteiger charge is -2.33. The van der Waals surface area contributed by atoms with E-state index in [-0.39, 0.29) is 0 Å². The standard InChI is InChI=1S/C21H26N4O2/c1-16(2)18-7-5-17(6-8-18)14-24-9-11-25(12-10-24)15-20-22-21(23-27-20)19-4-3-13-26-19/h3-8,13,16H,9-12,14-15H2,1-2H3. The van der Waals surface area contributed by atoms with Crippen LogP contribution in [0.15, 0.2) is 51.6 Å². The summed E-state index contributed by atoms with van der Waals surface area (Å²) in [5.41, 5.74) is 2.78. The first-order chi connectivity index (χ1) is 13.2. The maximum absolute atomic E-state index is 5.37. The van der Waals surface area contributed by atoms with Crippen molar-refractivity contribution >= 4 is 0 Å². The molecule has 0 saturated carbocycles. The largest absolute Gasteiger partial charge is 0.461 e. The molecule has 3 heterocycles. The lowest BCUT2D eigenvalue weighted by molar-refractivity contribution is 0.112. The SMILES string of the molecule is CC(C)c1ccc(CN2CCN(Cc3nc(-c4ccco4)no3)CC2)cc1. The van der Waals surface area contributed by atoms with Gasteiger partial charge >= 0.3 is 0 Å². The molecular weight excluding hydrogens is 340 g/mol. The van der Waals surface area contributed by atoms with Crippen LogP contribution in [-0.4, -0.2) is 46.1 Å². The predicted octanol–water partition coefficient (Wildman–Crippen LogP) is 3.77. The molecule has 4 rings (SSSR count). The molecule has 0 atom stereocenters. The minimum atomic E-state index is 0.512. The highest BCUT2D eigenvalue weighted by atomic mass is 16.5. The predicted molar refractivity (Wildman–Crippen MR) is 103 cm³/mol. The Morgan fingerprint density at radius 1 is 0.963 bits per heavy atom. The molecule has 0 amide bonds. The van der Waals surface area contributed by atoms with Crippen molar-refractivity contribution in [2.45, 2.75) is 32.9 Å². The number of rotatable bonds is 6. The van der Waals surface area contributed by atoms with E-state index in [1.807, 2.05) is 12.1 Å². The summed E-state index contributed by atoms with van der Waals surface area (Å²) >= 11 is 0. The minimum Gasteiger partial charge on any atom is -0.461 e. The molecule has 0 N–H and O–H groups in total. The average Bonchev–Trinajstić information content (AvgIpc) is 3.35. The first-order valence-electron chi connectivity index (χ1n) is 9.57. The topological polar surface area (TPSA) is 58.5 Å². The van der Waals surface area contributed by atoms with Gasteiger partial charge in [-0.1, -0.05) is 43.3 Å². The summed E-state index contributed by atoms with van der Waals surface area (Å²) in [5, 5.41) is 4.00. The third kappa shape index (κ3) is 4.46. The van der Waals surface area contributed by atoms with Crippen molar-refractivity contribution in [3.63, 3.8) is 0 Å². The van der Waals surface area contributed by atoms with E-state index in [1.165, 1.54) is 11.1 Å². The molecule has 6 heteroatoms. The number of hydrogen-bond donors (Lipinski definition) is 0. The van der Waals surface area contributed by atoms with Gasteiger partial charge in [0, 0.05) is 32.7 Å². The summed E-state index contributed by atoms with van der Waals surface area (Å²) in [6, 6.07) is 12.7. The Hall–Kier alpha value is -2.44. The normalized spacial score (nSPS) is 16.3. The van der Waals surface area contributed by atoms with Gasteiger partial charge in [0.25, 0.3) is 0 Å². The highest BCUT2D eigenvalue weighted by Gasteiger charge is 2.20. The Morgan fingerprint density at radius 3 is 2.30 bits per heavy atom. The zero-order valence-electron chi connectivity index (χ0n) is 16.0. The van der Waals surface area contributed by atoms with Crippen molar-refractivity contribution in [1.29, 1.82) is 0 Å². The van der Waals surface area contributed by atoms with Gasteiger partial charge in [-0.2, -0.15) is 4.98 Å². The Labute approximate surface area is 159 Å². The van der Waals surface area contributed by atoms with Crippen LogP contribution in [0.25, 0.3) is 11.6 Å². The van der Waals surface area contributed by atoms with Gasteiger partial charge < -0.3 is 8.94 Å². The Balaban J connectivity index is 1.26. The van der Waals surface area contributed by atoms with Crippen molar-refractivity contribution in [1.82, 2.24) is 19.9 Å². The van der Waals surface area contributed by atoms with E-state index < -0.39 is 0 Å². The summed E-state index contributed by atoms with van der Waals surface area (Å²) in [4.78, 5) is 9.29. The van der Waals surface area contributed by atoms with E-state index in [1.54, 1.807) is 6.26 Å². The zero-order chi connectivity index (χ0) is 18.6. The molecule has 0 bridgehead atoms. The van der Waals surface area contributed by atoms with Crippen molar-refractivity contribution in [3.8, 4) is 11.6 Å². The van der Waals surface area contributed by atoms with Crippen LogP contribution in [0.5, 0.6) is 0 Å². The molecule has 1 aliphatic rings. The van der Waals surface area contributed by atoms with Gasteiger partial charge in [-0.25, -0.2) is 0 Å². The highest BCUT2D eigenvalue weighted by molar-refractivity contribution is 5.44. The molecule has 1 aromatic carbocycles. The third-order valence-corrected chi connectivity index (χ3v) is 5.09. The molecule has 6 nitrogen and oxygen atoms in total. The van der Waals surface area contributed by atoms with E-state index in [9.17, 15) is 0 Å².